The number of hydrogen-bond acceptors (Lipinski definition) is 3. The summed E-state index contributed by atoms with van der Waals surface area (Å²) in [5, 5.41) is 7.05. The molecule has 0 amide bonds. The molecular weight excluding hydrogens is 775 g/mol. The Balaban J connectivity index is 0.000000126. The number of aromatic nitrogens is 3. The maximum Gasteiger partial charge on any atom is 3.00 e. The zero-order valence-electron chi connectivity index (χ0n) is 26.5. The minimum absolute atomic E-state index is 0. The number of nitrogens with zero attached hydrogens (tertiary/aromatic N) is 3. The molecule has 0 radical (unpaired) electrons. The number of hydrogen-bond donors (Lipinski definition) is 0. The van der Waals surface area contributed by atoms with E-state index in [1.165, 1.54) is 32.3 Å². The van der Waals surface area contributed by atoms with Gasteiger partial charge in [-0.1, -0.05) is 181 Å². The van der Waals surface area contributed by atoms with E-state index in [9.17, 15) is 0 Å². The summed E-state index contributed by atoms with van der Waals surface area (Å²) in [5.74, 6) is 0. The summed E-state index contributed by atoms with van der Waals surface area (Å²) in [6.45, 7) is 0. The average Bonchev–Trinajstić information content (AvgIpc) is 3.19. The molecule has 9 rings (SSSR count). The van der Waals surface area contributed by atoms with Crippen molar-refractivity contribution in [3.8, 4) is 33.8 Å². The Labute approximate surface area is 300 Å². The van der Waals surface area contributed by atoms with Crippen molar-refractivity contribution in [2.75, 3.05) is 0 Å². The van der Waals surface area contributed by atoms with Crippen molar-refractivity contribution in [2.24, 2.45) is 0 Å². The Kier molecular flexibility index (Phi) is 11.0. The van der Waals surface area contributed by atoms with Crippen LogP contribution in [0.4, 0.5) is 0 Å². The first-order valence-electron chi connectivity index (χ1n) is 15.8. The first-order valence-corrected chi connectivity index (χ1v) is 15.8. The first kappa shape index (κ1) is 33.1. The van der Waals surface area contributed by atoms with Gasteiger partial charge in [-0.05, 0) is 17.1 Å². The molecule has 0 aliphatic rings. The quantitative estimate of drug-likeness (QED) is 0.167. The summed E-state index contributed by atoms with van der Waals surface area (Å²) in [7, 11) is 0. The molecule has 0 N–H and O–H groups in total. The van der Waals surface area contributed by atoms with Crippen LogP contribution in [-0.2, 0) is 20.1 Å². The van der Waals surface area contributed by atoms with Crippen LogP contribution in [0.25, 0.3) is 66.1 Å². The van der Waals surface area contributed by atoms with Crippen LogP contribution < -0.4 is 0 Å². The van der Waals surface area contributed by atoms with Crippen LogP contribution in [0.1, 0.15) is 0 Å². The summed E-state index contributed by atoms with van der Waals surface area (Å²) in [6.07, 6.45) is 8.86. The van der Waals surface area contributed by atoms with Gasteiger partial charge in [0.1, 0.15) is 0 Å². The number of rotatable bonds is 3. The monoisotopic (exact) mass is 805 g/mol. The number of pyridine rings is 3. The second-order valence-corrected chi connectivity index (χ2v) is 11.1. The largest absolute Gasteiger partial charge is 3.00 e. The van der Waals surface area contributed by atoms with Gasteiger partial charge in [0.05, 0.1) is 0 Å². The van der Waals surface area contributed by atoms with E-state index >= 15 is 0 Å². The van der Waals surface area contributed by atoms with E-state index < -0.39 is 0 Å². The fourth-order valence-electron chi connectivity index (χ4n) is 5.64. The van der Waals surface area contributed by atoms with Crippen molar-refractivity contribution in [1.82, 2.24) is 15.0 Å². The molecule has 0 saturated heterocycles. The summed E-state index contributed by atoms with van der Waals surface area (Å²) in [5.41, 5.74) is 6.40. The van der Waals surface area contributed by atoms with Gasteiger partial charge in [-0.25, -0.2) is 0 Å². The van der Waals surface area contributed by atoms with E-state index in [2.05, 4.69) is 106 Å². The van der Waals surface area contributed by atoms with Gasteiger partial charge in [-0.3, -0.25) is 0 Å². The van der Waals surface area contributed by atoms with Crippen molar-refractivity contribution in [1.29, 1.82) is 0 Å². The zero-order valence-corrected chi connectivity index (χ0v) is 28.9. The zero-order chi connectivity index (χ0) is 32.4. The molecule has 0 bridgehead atoms. The van der Waals surface area contributed by atoms with E-state index in [1.807, 2.05) is 109 Å². The van der Waals surface area contributed by atoms with E-state index in [0.29, 0.717) is 0 Å². The van der Waals surface area contributed by atoms with Crippen LogP contribution in [0.2, 0.25) is 0 Å². The Hall–Kier alpha value is -5.80. The second kappa shape index (κ2) is 16.3. The first-order chi connectivity index (χ1) is 23.8. The maximum atomic E-state index is 4.35. The molecule has 0 aliphatic heterocycles. The van der Waals surface area contributed by atoms with E-state index in [1.54, 1.807) is 0 Å². The third-order valence-electron chi connectivity index (χ3n) is 7.98. The summed E-state index contributed by atoms with van der Waals surface area (Å²) in [6, 6.07) is 61.1. The number of fused-ring (bicyclic) bond motifs is 3. The van der Waals surface area contributed by atoms with E-state index in [4.69, 9.17) is 0 Å². The minimum atomic E-state index is 0. The third-order valence-corrected chi connectivity index (χ3v) is 7.98. The fourth-order valence-corrected chi connectivity index (χ4v) is 5.64. The Morgan fingerprint density at radius 2 is 0.531 bits per heavy atom. The van der Waals surface area contributed by atoms with Gasteiger partial charge in [-0.2, -0.15) is 18.2 Å². The predicted molar refractivity (Wildman–Crippen MR) is 198 cm³/mol. The molecule has 234 valence electrons. The standard InChI is InChI=1S/3C15H10N.Ir/c3*1-2-7-13(8-3-1)15-14-9-5-4-6-12(14)10-11-16-15;/h3*1-10H;/q3*-1;+3. The summed E-state index contributed by atoms with van der Waals surface area (Å²) < 4.78 is 0. The SMILES string of the molecule is [Ir+3].[c-]1cc2ccccc2c(-c2ccccc2)n1.[c-]1cc2ccccc2c(-c2ccccc2)n1.[c-]1cc2ccccc2c(-c2ccccc2)n1. The molecule has 3 nitrogen and oxygen atoms in total. The minimum Gasteiger partial charge on any atom is -0.386 e. The molecule has 0 aliphatic carbocycles. The molecule has 6 aromatic carbocycles. The van der Waals surface area contributed by atoms with Crippen molar-refractivity contribution in [3.05, 3.63) is 201 Å². The Bertz CT molecular complexity index is 2110. The van der Waals surface area contributed by atoms with Gasteiger partial charge in [0.15, 0.2) is 0 Å². The molecule has 49 heavy (non-hydrogen) atoms. The molecule has 0 fully saturated rings. The molecule has 0 spiro atoms. The van der Waals surface area contributed by atoms with Crippen molar-refractivity contribution in [2.45, 2.75) is 0 Å². The van der Waals surface area contributed by atoms with Crippen molar-refractivity contribution < 1.29 is 20.1 Å². The average molecular weight is 805 g/mol. The van der Waals surface area contributed by atoms with Crippen molar-refractivity contribution in [3.63, 3.8) is 0 Å². The smallest absolute Gasteiger partial charge is 0.386 e. The van der Waals surface area contributed by atoms with E-state index in [0.717, 1.165) is 33.8 Å². The molecule has 3 heterocycles. The fraction of sp³-hybridized carbons (Fsp3) is 0. The van der Waals surface area contributed by atoms with Crippen LogP contribution in [-0.4, -0.2) is 15.0 Å². The Morgan fingerprint density at radius 3 is 0.816 bits per heavy atom. The van der Waals surface area contributed by atoms with Gasteiger partial charge in [0.2, 0.25) is 0 Å². The maximum absolute atomic E-state index is 4.35. The van der Waals surface area contributed by atoms with Gasteiger partial charge < -0.3 is 15.0 Å². The normalized spacial score (nSPS) is 10.3. The van der Waals surface area contributed by atoms with Crippen LogP contribution in [0.15, 0.2) is 182 Å². The summed E-state index contributed by atoms with van der Waals surface area (Å²) >= 11 is 0. The topological polar surface area (TPSA) is 38.7 Å². The van der Waals surface area contributed by atoms with Crippen LogP contribution in [0.3, 0.4) is 0 Å². The van der Waals surface area contributed by atoms with Gasteiger partial charge >= 0.3 is 20.1 Å². The molecular formula is C45H30IrN3. The molecule has 9 aromatic rings. The van der Waals surface area contributed by atoms with Crippen LogP contribution in [0, 0.1) is 18.6 Å². The number of benzene rings is 6. The van der Waals surface area contributed by atoms with Gasteiger partial charge in [0, 0.05) is 0 Å². The van der Waals surface area contributed by atoms with Crippen molar-refractivity contribution >= 4 is 32.3 Å². The van der Waals surface area contributed by atoms with E-state index in [-0.39, 0.29) is 20.1 Å². The molecule has 0 unspecified atom stereocenters. The predicted octanol–water partition coefficient (Wildman–Crippen LogP) is 11.1. The third kappa shape index (κ3) is 7.85. The van der Waals surface area contributed by atoms with Crippen LogP contribution >= 0.6 is 0 Å². The molecule has 4 heteroatoms. The molecule has 3 aromatic heterocycles. The Morgan fingerprint density at radius 1 is 0.286 bits per heavy atom. The van der Waals surface area contributed by atoms with Gasteiger partial charge in [-0.15, -0.1) is 50.5 Å². The second-order valence-electron chi connectivity index (χ2n) is 11.1. The molecule has 0 atom stereocenters. The molecule has 0 saturated carbocycles. The van der Waals surface area contributed by atoms with Crippen LogP contribution in [0.5, 0.6) is 0 Å². The summed E-state index contributed by atoms with van der Waals surface area (Å²) in [4.78, 5) is 13.1. The van der Waals surface area contributed by atoms with Gasteiger partial charge in [0.25, 0.3) is 0 Å².